The summed E-state index contributed by atoms with van der Waals surface area (Å²) < 4.78 is 2.10. The van der Waals surface area contributed by atoms with Gasteiger partial charge in [0.25, 0.3) is 0 Å². The summed E-state index contributed by atoms with van der Waals surface area (Å²) in [5, 5.41) is 0. The largest absolute Gasteiger partial charge is 0.337 e. The number of imidazole rings is 1. The van der Waals surface area contributed by atoms with Crippen molar-refractivity contribution in [1.82, 2.24) is 19.4 Å². The minimum atomic E-state index is 0.625. The third-order valence-corrected chi connectivity index (χ3v) is 3.23. The molecule has 0 saturated carbocycles. The zero-order chi connectivity index (χ0) is 10.8. The second-order valence-electron chi connectivity index (χ2n) is 4.54. The molecule has 1 aliphatic heterocycles. The van der Waals surface area contributed by atoms with Crippen LogP contribution >= 0.6 is 0 Å². The van der Waals surface area contributed by atoms with Gasteiger partial charge in [0.2, 0.25) is 0 Å². The van der Waals surface area contributed by atoms with E-state index in [1.807, 2.05) is 12.4 Å². The number of likely N-dealkylation sites (N-methyl/N-ethyl adjacent to an activating group) is 1. The second kappa shape index (κ2) is 4.33. The van der Waals surface area contributed by atoms with Gasteiger partial charge in [-0.15, -0.1) is 0 Å². The van der Waals surface area contributed by atoms with Crippen molar-refractivity contribution in [2.75, 3.05) is 26.7 Å². The highest BCUT2D eigenvalue weighted by Crippen LogP contribution is 2.11. The first-order chi connectivity index (χ1) is 7.16. The standard InChI is InChI=1S/C11H20N4/c1-10-8-13(2)6-7-15(10)9-11-12-4-5-14(11)3/h4-5,10H,6-9H2,1-3H3/t10-/m0/s1. The molecule has 1 fully saturated rings. The summed E-state index contributed by atoms with van der Waals surface area (Å²) in [5.74, 6) is 1.16. The molecule has 0 aliphatic carbocycles. The van der Waals surface area contributed by atoms with Gasteiger partial charge in [0.1, 0.15) is 5.82 Å². The highest BCUT2D eigenvalue weighted by atomic mass is 15.3. The first kappa shape index (κ1) is 10.6. The van der Waals surface area contributed by atoms with Crippen LogP contribution in [0.3, 0.4) is 0 Å². The predicted octanol–water partition coefficient (Wildman–Crippen LogP) is 0.556. The number of hydrogen-bond donors (Lipinski definition) is 0. The SMILES string of the molecule is C[C@H]1CN(C)CCN1Cc1nccn1C. The van der Waals surface area contributed by atoms with Crippen LogP contribution in [0.4, 0.5) is 0 Å². The Morgan fingerprint density at radius 2 is 2.20 bits per heavy atom. The summed E-state index contributed by atoms with van der Waals surface area (Å²) in [5.41, 5.74) is 0. The summed E-state index contributed by atoms with van der Waals surface area (Å²) in [7, 11) is 4.25. The first-order valence-corrected chi connectivity index (χ1v) is 5.55. The van der Waals surface area contributed by atoms with E-state index < -0.39 is 0 Å². The van der Waals surface area contributed by atoms with Crippen molar-refractivity contribution in [3.63, 3.8) is 0 Å². The lowest BCUT2D eigenvalue weighted by atomic mass is 10.2. The Bertz CT molecular complexity index is 320. The highest BCUT2D eigenvalue weighted by Gasteiger charge is 2.22. The van der Waals surface area contributed by atoms with Gasteiger partial charge < -0.3 is 9.47 Å². The zero-order valence-corrected chi connectivity index (χ0v) is 9.85. The molecule has 1 saturated heterocycles. The molecule has 2 rings (SSSR count). The van der Waals surface area contributed by atoms with Crippen LogP contribution in [0, 0.1) is 0 Å². The van der Waals surface area contributed by atoms with Crippen LogP contribution in [-0.4, -0.2) is 52.1 Å². The lowest BCUT2D eigenvalue weighted by molar-refractivity contribution is 0.0907. The lowest BCUT2D eigenvalue weighted by Gasteiger charge is -2.37. The number of rotatable bonds is 2. The minimum absolute atomic E-state index is 0.625. The molecule has 15 heavy (non-hydrogen) atoms. The van der Waals surface area contributed by atoms with E-state index in [1.54, 1.807) is 0 Å². The lowest BCUT2D eigenvalue weighted by Crippen LogP contribution is -2.50. The summed E-state index contributed by atoms with van der Waals surface area (Å²) in [6, 6.07) is 0.625. The van der Waals surface area contributed by atoms with Crippen LogP contribution in [0.5, 0.6) is 0 Å². The maximum absolute atomic E-state index is 4.37. The fraction of sp³-hybridized carbons (Fsp3) is 0.727. The molecule has 0 aromatic carbocycles. The van der Waals surface area contributed by atoms with Crippen LogP contribution in [0.2, 0.25) is 0 Å². The van der Waals surface area contributed by atoms with E-state index in [4.69, 9.17) is 0 Å². The number of piperazine rings is 1. The maximum atomic E-state index is 4.37. The molecular formula is C11H20N4. The van der Waals surface area contributed by atoms with Gasteiger partial charge in [0, 0.05) is 45.1 Å². The molecule has 1 atom stereocenters. The average molecular weight is 208 g/mol. The monoisotopic (exact) mass is 208 g/mol. The Labute approximate surface area is 91.5 Å². The van der Waals surface area contributed by atoms with Crippen molar-refractivity contribution < 1.29 is 0 Å². The number of aromatic nitrogens is 2. The molecule has 1 aromatic rings. The average Bonchev–Trinajstić information content (AvgIpc) is 2.57. The fourth-order valence-corrected chi connectivity index (χ4v) is 2.14. The van der Waals surface area contributed by atoms with Gasteiger partial charge in [-0.05, 0) is 14.0 Å². The first-order valence-electron chi connectivity index (χ1n) is 5.55. The summed E-state index contributed by atoms with van der Waals surface area (Å²) >= 11 is 0. The fourth-order valence-electron chi connectivity index (χ4n) is 2.14. The number of hydrogen-bond acceptors (Lipinski definition) is 3. The molecule has 0 unspecified atom stereocenters. The van der Waals surface area contributed by atoms with Gasteiger partial charge in [-0.2, -0.15) is 0 Å². The van der Waals surface area contributed by atoms with Gasteiger partial charge >= 0.3 is 0 Å². The van der Waals surface area contributed by atoms with Crippen molar-refractivity contribution in [3.8, 4) is 0 Å². The molecule has 4 nitrogen and oxygen atoms in total. The van der Waals surface area contributed by atoms with Gasteiger partial charge in [0.05, 0.1) is 6.54 Å². The number of nitrogens with zero attached hydrogens (tertiary/aromatic N) is 4. The topological polar surface area (TPSA) is 24.3 Å². The molecule has 1 aromatic heterocycles. The third-order valence-electron chi connectivity index (χ3n) is 3.23. The molecule has 0 spiro atoms. The minimum Gasteiger partial charge on any atom is -0.337 e. The second-order valence-corrected chi connectivity index (χ2v) is 4.54. The molecule has 0 amide bonds. The molecular weight excluding hydrogens is 188 g/mol. The summed E-state index contributed by atoms with van der Waals surface area (Å²) in [6.45, 7) is 6.72. The van der Waals surface area contributed by atoms with Gasteiger partial charge in [-0.1, -0.05) is 0 Å². The summed E-state index contributed by atoms with van der Waals surface area (Å²) in [4.78, 5) is 9.26. The Balaban J connectivity index is 1.98. The van der Waals surface area contributed by atoms with E-state index in [-0.39, 0.29) is 0 Å². The van der Waals surface area contributed by atoms with E-state index >= 15 is 0 Å². The maximum Gasteiger partial charge on any atom is 0.122 e. The quantitative estimate of drug-likeness (QED) is 0.709. The Kier molecular flexibility index (Phi) is 3.07. The van der Waals surface area contributed by atoms with E-state index in [2.05, 4.69) is 40.4 Å². The van der Waals surface area contributed by atoms with Gasteiger partial charge in [-0.25, -0.2) is 4.98 Å². The Morgan fingerprint density at radius 3 is 2.80 bits per heavy atom. The molecule has 2 heterocycles. The van der Waals surface area contributed by atoms with Gasteiger partial charge in [-0.3, -0.25) is 4.90 Å². The van der Waals surface area contributed by atoms with Crippen molar-refractivity contribution in [2.45, 2.75) is 19.5 Å². The van der Waals surface area contributed by atoms with Crippen LogP contribution in [0.15, 0.2) is 12.4 Å². The molecule has 84 valence electrons. The molecule has 0 bridgehead atoms. The third kappa shape index (κ3) is 2.38. The Hall–Kier alpha value is -0.870. The van der Waals surface area contributed by atoms with E-state index in [9.17, 15) is 0 Å². The Morgan fingerprint density at radius 1 is 1.40 bits per heavy atom. The van der Waals surface area contributed by atoms with E-state index in [0.29, 0.717) is 6.04 Å². The van der Waals surface area contributed by atoms with Crippen molar-refractivity contribution in [2.24, 2.45) is 7.05 Å². The smallest absolute Gasteiger partial charge is 0.122 e. The highest BCUT2D eigenvalue weighted by molar-refractivity contribution is 4.92. The molecule has 0 radical (unpaired) electrons. The van der Waals surface area contributed by atoms with E-state index in [1.165, 1.54) is 0 Å². The van der Waals surface area contributed by atoms with Crippen LogP contribution in [0.25, 0.3) is 0 Å². The molecule has 1 aliphatic rings. The number of aryl methyl sites for hydroxylation is 1. The van der Waals surface area contributed by atoms with Crippen LogP contribution in [-0.2, 0) is 13.6 Å². The molecule has 0 N–H and O–H groups in total. The van der Waals surface area contributed by atoms with Crippen LogP contribution in [0.1, 0.15) is 12.7 Å². The normalized spacial score (nSPS) is 24.6. The van der Waals surface area contributed by atoms with Gasteiger partial charge in [0.15, 0.2) is 0 Å². The summed E-state index contributed by atoms with van der Waals surface area (Å²) in [6.07, 6.45) is 3.88. The van der Waals surface area contributed by atoms with E-state index in [0.717, 1.165) is 32.0 Å². The van der Waals surface area contributed by atoms with Crippen molar-refractivity contribution >= 4 is 0 Å². The molecule has 4 heteroatoms. The zero-order valence-electron chi connectivity index (χ0n) is 9.85. The van der Waals surface area contributed by atoms with Crippen molar-refractivity contribution in [1.29, 1.82) is 0 Å². The predicted molar refractivity (Wildman–Crippen MR) is 60.6 cm³/mol. The van der Waals surface area contributed by atoms with Crippen molar-refractivity contribution in [3.05, 3.63) is 18.2 Å². The van der Waals surface area contributed by atoms with Crippen LogP contribution < -0.4 is 0 Å².